The molecule has 0 bridgehead atoms. The summed E-state index contributed by atoms with van der Waals surface area (Å²) in [6, 6.07) is 0.451. The van der Waals surface area contributed by atoms with Gasteiger partial charge in [0.15, 0.2) is 4.77 Å². The average Bonchev–Trinajstić information content (AvgIpc) is 3.39. The summed E-state index contributed by atoms with van der Waals surface area (Å²) in [4.78, 5) is 16.6. The summed E-state index contributed by atoms with van der Waals surface area (Å²) in [6.45, 7) is 6.08. The third-order valence-electron chi connectivity index (χ3n) is 5.39. The van der Waals surface area contributed by atoms with Crippen molar-refractivity contribution in [3.63, 3.8) is 0 Å². The minimum atomic E-state index is 0.177. The molecule has 138 valence electrons. The quantitative estimate of drug-likeness (QED) is 0.790. The molecule has 4 rings (SSSR count). The van der Waals surface area contributed by atoms with Crippen LogP contribution in [-0.2, 0) is 24.4 Å². The van der Waals surface area contributed by atoms with Crippen molar-refractivity contribution in [2.45, 2.75) is 57.8 Å². The Hall–Kier alpha value is -1.25. The molecule has 1 saturated heterocycles. The van der Waals surface area contributed by atoms with Crippen molar-refractivity contribution in [1.29, 1.82) is 0 Å². The highest BCUT2D eigenvalue weighted by atomic mass is 32.1. The summed E-state index contributed by atoms with van der Waals surface area (Å²) in [5.41, 5.74) is 0. The molecule has 7 nitrogen and oxygen atoms in total. The number of amides is 1. The van der Waals surface area contributed by atoms with E-state index in [0.29, 0.717) is 12.6 Å². The summed E-state index contributed by atoms with van der Waals surface area (Å²) >= 11 is 5.64. The van der Waals surface area contributed by atoms with Gasteiger partial charge < -0.3 is 9.88 Å². The molecule has 1 amide bonds. The zero-order chi connectivity index (χ0) is 17.2. The van der Waals surface area contributed by atoms with E-state index in [1.165, 1.54) is 19.3 Å². The lowest BCUT2D eigenvalue weighted by Crippen LogP contribution is -2.49. The van der Waals surface area contributed by atoms with Gasteiger partial charge in [0.1, 0.15) is 5.82 Å². The summed E-state index contributed by atoms with van der Waals surface area (Å²) < 4.78 is 5.08. The molecule has 0 atom stereocenters. The fourth-order valence-corrected chi connectivity index (χ4v) is 3.99. The minimum absolute atomic E-state index is 0.177. The number of hydrogen-bond donors (Lipinski definition) is 1. The van der Waals surface area contributed by atoms with Gasteiger partial charge in [-0.1, -0.05) is 6.42 Å². The maximum absolute atomic E-state index is 11.9. The average molecular weight is 365 g/mol. The van der Waals surface area contributed by atoms with Gasteiger partial charge in [-0.15, -0.1) is 0 Å². The highest BCUT2D eigenvalue weighted by Gasteiger charge is 2.25. The van der Waals surface area contributed by atoms with Crippen molar-refractivity contribution in [2.24, 2.45) is 0 Å². The van der Waals surface area contributed by atoms with Crippen molar-refractivity contribution in [3.05, 3.63) is 10.6 Å². The number of aromatic nitrogens is 3. The Bertz CT molecular complexity index is 671. The van der Waals surface area contributed by atoms with Gasteiger partial charge in [-0.3, -0.25) is 14.6 Å². The predicted octanol–water partition coefficient (Wildman–Crippen LogP) is 0.994. The van der Waals surface area contributed by atoms with Gasteiger partial charge in [0, 0.05) is 45.2 Å². The molecule has 0 unspecified atom stereocenters. The van der Waals surface area contributed by atoms with Gasteiger partial charge in [-0.05, 0) is 37.9 Å². The molecular weight excluding hydrogens is 336 g/mol. The maximum atomic E-state index is 11.9. The molecule has 8 heteroatoms. The number of aryl methyl sites for hydroxylation is 1. The standard InChI is InChI=1S/C17H28N6OS/c24-16(18-14-5-6-14)12-20-8-10-21(11-9-20)13-23-17(25)22-7-3-1-2-4-15(22)19-23/h14H,1-13H2,(H,18,24). The molecular formula is C17H28N6OS. The second-order valence-electron chi connectivity index (χ2n) is 7.54. The van der Waals surface area contributed by atoms with Crippen LogP contribution >= 0.6 is 12.2 Å². The van der Waals surface area contributed by atoms with E-state index in [4.69, 9.17) is 17.3 Å². The lowest BCUT2D eigenvalue weighted by molar-refractivity contribution is -0.122. The minimum Gasteiger partial charge on any atom is -0.352 e. The third-order valence-corrected chi connectivity index (χ3v) is 5.82. The van der Waals surface area contributed by atoms with Crippen LogP contribution in [-0.4, -0.2) is 68.8 Å². The van der Waals surface area contributed by atoms with Crippen LogP contribution in [0.2, 0.25) is 0 Å². The first-order valence-corrected chi connectivity index (χ1v) is 10.0. The number of nitrogens with one attached hydrogen (secondary N) is 1. The summed E-state index contributed by atoms with van der Waals surface area (Å²) in [6.07, 6.45) is 7.03. The van der Waals surface area contributed by atoms with Crippen LogP contribution < -0.4 is 5.32 Å². The molecule has 0 spiro atoms. The number of carbonyl (C=O) groups is 1. The molecule has 0 aromatic carbocycles. The Labute approximate surface area is 154 Å². The van der Waals surface area contributed by atoms with E-state index in [0.717, 1.165) is 69.3 Å². The first-order chi connectivity index (χ1) is 12.2. The topological polar surface area (TPSA) is 58.3 Å². The van der Waals surface area contributed by atoms with Crippen molar-refractivity contribution >= 4 is 18.1 Å². The SMILES string of the molecule is O=C(CN1CCN(Cn2nc3n(c2=S)CCCCC3)CC1)NC1CC1. The number of fused-ring (bicyclic) bond motifs is 1. The van der Waals surface area contributed by atoms with Gasteiger partial charge in [-0.25, -0.2) is 4.68 Å². The van der Waals surface area contributed by atoms with Gasteiger partial charge >= 0.3 is 0 Å². The van der Waals surface area contributed by atoms with E-state index >= 15 is 0 Å². The summed E-state index contributed by atoms with van der Waals surface area (Å²) in [7, 11) is 0. The van der Waals surface area contributed by atoms with Crippen LogP contribution in [0.25, 0.3) is 0 Å². The summed E-state index contributed by atoms with van der Waals surface area (Å²) in [5.74, 6) is 1.33. The lowest BCUT2D eigenvalue weighted by atomic mass is 10.2. The van der Waals surface area contributed by atoms with Crippen molar-refractivity contribution in [3.8, 4) is 0 Å². The molecule has 3 aliphatic rings. The van der Waals surface area contributed by atoms with E-state index in [1.54, 1.807) is 0 Å². The van der Waals surface area contributed by atoms with Crippen LogP contribution in [0.4, 0.5) is 0 Å². The number of rotatable bonds is 5. The van der Waals surface area contributed by atoms with Crippen LogP contribution in [0.15, 0.2) is 0 Å². The first-order valence-electron chi connectivity index (χ1n) is 9.59. The Morgan fingerprint density at radius 2 is 1.84 bits per heavy atom. The number of hydrogen-bond acceptors (Lipinski definition) is 5. The smallest absolute Gasteiger partial charge is 0.234 e. The highest BCUT2D eigenvalue weighted by Crippen LogP contribution is 2.18. The van der Waals surface area contributed by atoms with Crippen LogP contribution in [0.1, 0.15) is 37.9 Å². The monoisotopic (exact) mass is 364 g/mol. The Morgan fingerprint density at radius 1 is 1.08 bits per heavy atom. The fraction of sp³-hybridized carbons (Fsp3) is 0.824. The lowest BCUT2D eigenvalue weighted by Gasteiger charge is -2.33. The Morgan fingerprint density at radius 3 is 2.60 bits per heavy atom. The van der Waals surface area contributed by atoms with Crippen LogP contribution in [0, 0.1) is 4.77 Å². The Kier molecular flexibility index (Phi) is 5.19. The van der Waals surface area contributed by atoms with E-state index in [9.17, 15) is 4.79 Å². The highest BCUT2D eigenvalue weighted by molar-refractivity contribution is 7.71. The molecule has 3 heterocycles. The second kappa shape index (κ2) is 7.55. The van der Waals surface area contributed by atoms with Gasteiger partial charge in [-0.2, -0.15) is 5.10 Å². The third kappa shape index (κ3) is 4.30. The predicted molar refractivity (Wildman–Crippen MR) is 97.8 cm³/mol. The van der Waals surface area contributed by atoms with Crippen LogP contribution in [0.5, 0.6) is 0 Å². The number of carbonyl (C=O) groups excluding carboxylic acids is 1. The normalized spacial score (nSPS) is 22.4. The molecule has 2 aliphatic heterocycles. The van der Waals surface area contributed by atoms with Gasteiger partial charge in [0.2, 0.25) is 5.91 Å². The number of nitrogens with zero attached hydrogens (tertiary/aromatic N) is 5. The molecule has 2 fully saturated rings. The zero-order valence-corrected chi connectivity index (χ0v) is 15.6. The Balaban J connectivity index is 1.28. The molecule has 1 aromatic heterocycles. The molecule has 0 radical (unpaired) electrons. The van der Waals surface area contributed by atoms with Crippen molar-refractivity contribution < 1.29 is 4.79 Å². The van der Waals surface area contributed by atoms with Crippen molar-refractivity contribution in [1.82, 2.24) is 29.5 Å². The molecule has 1 aliphatic carbocycles. The molecule has 1 aromatic rings. The second-order valence-corrected chi connectivity index (χ2v) is 7.90. The summed E-state index contributed by atoms with van der Waals surface area (Å²) in [5, 5.41) is 7.84. The van der Waals surface area contributed by atoms with Crippen LogP contribution in [0.3, 0.4) is 0 Å². The van der Waals surface area contributed by atoms with E-state index < -0.39 is 0 Å². The van der Waals surface area contributed by atoms with Crippen molar-refractivity contribution in [2.75, 3.05) is 32.7 Å². The largest absolute Gasteiger partial charge is 0.352 e. The maximum Gasteiger partial charge on any atom is 0.234 e. The molecule has 1 saturated carbocycles. The molecule has 1 N–H and O–H groups in total. The van der Waals surface area contributed by atoms with Gasteiger partial charge in [0.05, 0.1) is 13.2 Å². The molecule has 25 heavy (non-hydrogen) atoms. The van der Waals surface area contributed by atoms with E-state index in [2.05, 4.69) is 19.7 Å². The number of piperazine rings is 1. The van der Waals surface area contributed by atoms with E-state index in [-0.39, 0.29) is 5.91 Å². The zero-order valence-electron chi connectivity index (χ0n) is 14.8. The fourth-order valence-electron chi connectivity index (χ4n) is 3.70. The first kappa shape index (κ1) is 17.2. The van der Waals surface area contributed by atoms with E-state index in [1.807, 2.05) is 4.68 Å². The van der Waals surface area contributed by atoms with Gasteiger partial charge in [0.25, 0.3) is 0 Å².